The van der Waals surface area contributed by atoms with Crippen LogP contribution in [-0.4, -0.2) is 57.4 Å². The van der Waals surface area contributed by atoms with Crippen LogP contribution in [0.2, 0.25) is 0 Å². The second kappa shape index (κ2) is 6.55. The lowest BCUT2D eigenvalue weighted by Crippen LogP contribution is -2.75. The summed E-state index contributed by atoms with van der Waals surface area (Å²) in [5.41, 5.74) is -4.94. The summed E-state index contributed by atoms with van der Waals surface area (Å²) in [6, 6.07) is 1.71. The number of aliphatic hydroxyl groups excluding tert-OH is 2. The number of ketones is 1. The van der Waals surface area contributed by atoms with Crippen molar-refractivity contribution in [2.45, 2.75) is 89.5 Å². The van der Waals surface area contributed by atoms with Gasteiger partial charge >= 0.3 is 11.9 Å². The largest absolute Gasteiger partial charge is 0.472 e. The first-order valence-corrected chi connectivity index (χ1v) is 12.3. The molecule has 1 aromatic rings. The van der Waals surface area contributed by atoms with Gasteiger partial charge in [-0.05, 0) is 33.3 Å². The molecule has 0 amide bonds. The van der Waals surface area contributed by atoms with E-state index < -0.39 is 75.6 Å². The number of carbonyl (C=O) groups excluding carboxylic acids is 3. The molecule has 5 aliphatic rings. The van der Waals surface area contributed by atoms with E-state index in [2.05, 4.69) is 0 Å². The molecule has 6 rings (SSSR count). The molecule has 0 bridgehead atoms. The number of cyclic esters (lactones) is 2. The molecule has 35 heavy (non-hydrogen) atoms. The van der Waals surface area contributed by atoms with Crippen molar-refractivity contribution in [1.29, 1.82) is 0 Å². The zero-order chi connectivity index (χ0) is 25.3. The Balaban J connectivity index is 1.56. The SMILES string of the molecule is CC1(C)OC(=O)C[C@H](O)[C@]2(C)[C@H]3[C@@H](O)C[C@@]4(C)[C@H](c5ccoc5)OC(=O)[C@H]5O[C@]54[C@]3(C)C(=O)C[C@@H]12. The Bertz CT molecular complexity index is 1130. The van der Waals surface area contributed by atoms with Crippen molar-refractivity contribution < 1.29 is 43.2 Å². The molecule has 190 valence electrons. The van der Waals surface area contributed by atoms with E-state index in [0.29, 0.717) is 5.56 Å². The van der Waals surface area contributed by atoms with E-state index in [9.17, 15) is 24.6 Å². The molecule has 10 atom stereocenters. The van der Waals surface area contributed by atoms with E-state index in [-0.39, 0.29) is 25.0 Å². The Labute approximate surface area is 203 Å². The number of Topliss-reactive ketones (excluding diaryl/α,β-unsaturated/α-hetero) is 1. The van der Waals surface area contributed by atoms with Gasteiger partial charge in [0.25, 0.3) is 0 Å². The van der Waals surface area contributed by atoms with Gasteiger partial charge in [-0.3, -0.25) is 9.59 Å². The van der Waals surface area contributed by atoms with Gasteiger partial charge < -0.3 is 28.8 Å². The fraction of sp³-hybridized carbons (Fsp3) is 0.731. The number of aliphatic hydroxyl groups is 2. The summed E-state index contributed by atoms with van der Waals surface area (Å²) in [6.45, 7) is 9.01. The second-order valence-corrected chi connectivity index (χ2v) is 12.3. The van der Waals surface area contributed by atoms with Crippen LogP contribution in [-0.2, 0) is 28.6 Å². The maximum absolute atomic E-state index is 14.2. The van der Waals surface area contributed by atoms with Gasteiger partial charge in [-0.15, -0.1) is 0 Å². The number of hydrogen-bond donors (Lipinski definition) is 2. The topological polar surface area (TPSA) is 136 Å². The smallest absolute Gasteiger partial charge is 0.339 e. The standard InChI is InChI=1S/C26H32O9/c1-22(2)14-8-16(29)25(5)18(24(14,4)15(28)9-17(30)34-22)13(27)10-23(3)19(12-6-7-32-11-12)33-21(31)20-26(23,25)35-20/h6-7,11,13-15,18-20,27-28H,8-10H2,1-5H3/t13-,14-,15-,18+,19-,20+,23-,24+,25+,26+/m0/s1. The highest BCUT2D eigenvalue weighted by molar-refractivity contribution is 5.93. The Morgan fingerprint density at radius 2 is 1.71 bits per heavy atom. The summed E-state index contributed by atoms with van der Waals surface area (Å²) in [7, 11) is 0. The Kier molecular flexibility index (Phi) is 4.34. The van der Waals surface area contributed by atoms with Crippen molar-refractivity contribution in [3.8, 4) is 0 Å². The van der Waals surface area contributed by atoms with E-state index in [1.165, 1.54) is 12.5 Å². The summed E-state index contributed by atoms with van der Waals surface area (Å²) < 4.78 is 23.0. The molecule has 1 spiro atoms. The number of ether oxygens (including phenoxy) is 3. The molecule has 4 heterocycles. The Hall–Kier alpha value is -2.23. The predicted octanol–water partition coefficient (Wildman–Crippen LogP) is 2.09. The molecule has 1 aromatic heterocycles. The highest BCUT2D eigenvalue weighted by Gasteiger charge is 2.90. The number of carbonyl (C=O) groups is 3. The van der Waals surface area contributed by atoms with Crippen LogP contribution in [0.3, 0.4) is 0 Å². The Morgan fingerprint density at radius 1 is 1.00 bits per heavy atom. The molecule has 0 unspecified atom stereocenters. The number of fused-ring (bicyclic) bond motifs is 3. The van der Waals surface area contributed by atoms with Crippen LogP contribution >= 0.6 is 0 Å². The van der Waals surface area contributed by atoms with Crippen molar-refractivity contribution in [2.24, 2.45) is 28.1 Å². The number of hydrogen-bond acceptors (Lipinski definition) is 9. The van der Waals surface area contributed by atoms with Crippen molar-refractivity contribution in [3.63, 3.8) is 0 Å². The third-order valence-electron chi connectivity index (χ3n) is 10.4. The zero-order valence-electron chi connectivity index (χ0n) is 20.6. The van der Waals surface area contributed by atoms with Crippen molar-refractivity contribution >= 4 is 17.7 Å². The molecule has 2 aliphatic carbocycles. The molecule has 2 N–H and O–H groups in total. The van der Waals surface area contributed by atoms with E-state index in [1.54, 1.807) is 26.8 Å². The molecular formula is C26H32O9. The van der Waals surface area contributed by atoms with E-state index in [1.807, 2.05) is 13.8 Å². The molecule has 2 saturated carbocycles. The third kappa shape index (κ3) is 2.42. The predicted molar refractivity (Wildman–Crippen MR) is 117 cm³/mol. The summed E-state index contributed by atoms with van der Waals surface area (Å²) >= 11 is 0. The summed E-state index contributed by atoms with van der Waals surface area (Å²) in [6.07, 6.45) is -0.973. The normalized spacial score (nSPS) is 52.1. The van der Waals surface area contributed by atoms with Gasteiger partial charge in [-0.1, -0.05) is 13.8 Å². The van der Waals surface area contributed by atoms with Crippen LogP contribution in [0.25, 0.3) is 0 Å². The van der Waals surface area contributed by atoms with E-state index >= 15 is 0 Å². The van der Waals surface area contributed by atoms with Gasteiger partial charge in [-0.25, -0.2) is 4.79 Å². The first-order chi connectivity index (χ1) is 16.2. The minimum absolute atomic E-state index is 0.0207. The van der Waals surface area contributed by atoms with Gasteiger partial charge in [0, 0.05) is 34.7 Å². The van der Waals surface area contributed by atoms with Gasteiger partial charge in [0.1, 0.15) is 23.1 Å². The molecule has 3 aliphatic heterocycles. The van der Waals surface area contributed by atoms with Crippen LogP contribution in [0.4, 0.5) is 0 Å². The van der Waals surface area contributed by atoms with Gasteiger partial charge in [0.15, 0.2) is 6.10 Å². The highest BCUT2D eigenvalue weighted by atomic mass is 16.7. The Morgan fingerprint density at radius 3 is 2.37 bits per heavy atom. The monoisotopic (exact) mass is 488 g/mol. The summed E-state index contributed by atoms with van der Waals surface area (Å²) in [5, 5.41) is 23.3. The van der Waals surface area contributed by atoms with Crippen molar-refractivity contribution in [2.75, 3.05) is 0 Å². The van der Waals surface area contributed by atoms with Crippen molar-refractivity contribution in [3.05, 3.63) is 24.2 Å². The average Bonchev–Trinajstić information content (AvgIpc) is 3.34. The lowest BCUT2D eigenvalue weighted by Gasteiger charge is -2.67. The lowest BCUT2D eigenvalue weighted by molar-refractivity contribution is -0.257. The fourth-order valence-electron chi connectivity index (χ4n) is 9.05. The van der Waals surface area contributed by atoms with Crippen LogP contribution in [0.15, 0.2) is 23.0 Å². The maximum atomic E-state index is 14.2. The molecule has 9 heteroatoms. The van der Waals surface area contributed by atoms with Crippen molar-refractivity contribution in [1.82, 2.24) is 0 Å². The van der Waals surface area contributed by atoms with Crippen LogP contribution in [0, 0.1) is 28.1 Å². The van der Waals surface area contributed by atoms with Gasteiger partial charge in [0.05, 0.1) is 36.6 Å². The average molecular weight is 489 g/mol. The number of esters is 2. The van der Waals surface area contributed by atoms with E-state index in [0.717, 1.165) is 0 Å². The molecular weight excluding hydrogens is 456 g/mol. The number of furan rings is 1. The second-order valence-electron chi connectivity index (χ2n) is 12.3. The van der Waals surface area contributed by atoms with Gasteiger partial charge in [0.2, 0.25) is 0 Å². The lowest BCUT2D eigenvalue weighted by atomic mass is 9.36. The van der Waals surface area contributed by atoms with Gasteiger partial charge in [-0.2, -0.15) is 0 Å². The highest BCUT2D eigenvalue weighted by Crippen LogP contribution is 2.78. The number of rotatable bonds is 1. The zero-order valence-corrected chi connectivity index (χ0v) is 20.6. The molecule has 0 radical (unpaired) electrons. The fourth-order valence-corrected chi connectivity index (χ4v) is 9.05. The molecule has 9 nitrogen and oxygen atoms in total. The van der Waals surface area contributed by atoms with E-state index in [4.69, 9.17) is 18.6 Å². The first kappa shape index (κ1) is 23.2. The number of epoxide rings is 1. The minimum atomic E-state index is -1.32. The first-order valence-electron chi connectivity index (χ1n) is 12.3. The van der Waals surface area contributed by atoms with Crippen LogP contribution < -0.4 is 0 Å². The minimum Gasteiger partial charge on any atom is -0.472 e. The quantitative estimate of drug-likeness (QED) is 0.450. The summed E-state index contributed by atoms with van der Waals surface area (Å²) in [5.74, 6) is -2.57. The maximum Gasteiger partial charge on any atom is 0.339 e. The molecule has 3 saturated heterocycles. The molecule has 5 fully saturated rings. The molecule has 0 aromatic carbocycles. The van der Waals surface area contributed by atoms with Crippen LogP contribution in [0.1, 0.15) is 65.5 Å². The van der Waals surface area contributed by atoms with Crippen LogP contribution in [0.5, 0.6) is 0 Å². The third-order valence-corrected chi connectivity index (χ3v) is 10.4. The summed E-state index contributed by atoms with van der Waals surface area (Å²) in [4.78, 5) is 39.9.